The zero-order chi connectivity index (χ0) is 26.1. The first-order valence-electron chi connectivity index (χ1n) is 12.3. The largest absolute Gasteiger partial charge is 0.352 e. The fourth-order valence-corrected chi connectivity index (χ4v) is 5.87. The summed E-state index contributed by atoms with van der Waals surface area (Å²) < 4.78 is 0. The molecule has 9 heteroatoms. The second kappa shape index (κ2) is 13.4. The van der Waals surface area contributed by atoms with Gasteiger partial charge in [-0.1, -0.05) is 58.4 Å². The highest BCUT2D eigenvalue weighted by Gasteiger charge is 2.20. The van der Waals surface area contributed by atoms with Gasteiger partial charge in [-0.15, -0.1) is 0 Å². The van der Waals surface area contributed by atoms with Crippen LogP contribution in [0.4, 0.5) is 11.4 Å². The van der Waals surface area contributed by atoms with Gasteiger partial charge in [0.25, 0.3) is 0 Å². The summed E-state index contributed by atoms with van der Waals surface area (Å²) in [6.45, 7) is 18.3. The molecule has 0 aromatic heterocycles. The molecule has 0 aliphatic heterocycles. The van der Waals surface area contributed by atoms with Gasteiger partial charge in [-0.2, -0.15) is 0 Å². The van der Waals surface area contributed by atoms with Crippen molar-refractivity contribution in [2.45, 2.75) is 96.3 Å². The zero-order valence-electron chi connectivity index (χ0n) is 22.9. The second-order valence-corrected chi connectivity index (χ2v) is 26.2. The molecule has 0 bridgehead atoms. The van der Waals surface area contributed by atoms with Crippen LogP contribution in [0.15, 0.2) is 18.2 Å². The van der Waals surface area contributed by atoms with Crippen molar-refractivity contribution in [2.24, 2.45) is 0 Å². The second-order valence-electron chi connectivity index (χ2n) is 12.0. The van der Waals surface area contributed by atoms with Crippen molar-refractivity contribution in [3.63, 3.8) is 0 Å². The van der Waals surface area contributed by atoms with Gasteiger partial charge >= 0.3 is 0 Å². The van der Waals surface area contributed by atoms with Crippen molar-refractivity contribution in [2.75, 3.05) is 17.3 Å². The summed E-state index contributed by atoms with van der Waals surface area (Å²) >= 11 is 0. The van der Waals surface area contributed by atoms with Crippen LogP contribution in [-0.4, -0.2) is 49.7 Å². The van der Waals surface area contributed by atoms with Crippen molar-refractivity contribution in [3.05, 3.63) is 23.8 Å². The molecular formula is C25H46N3O3Si3. The Balaban J connectivity index is 3.02. The van der Waals surface area contributed by atoms with Gasteiger partial charge in [-0.3, -0.25) is 14.4 Å². The standard InChI is InChI=1S/C25H46N3O3Si3/c1-28(25(31)12-15-34(7,8)9)22-17-20(19-26-23(29)10-13-32(2)3)16-21(18-22)27-24(30)11-14-33(4,5)6/h16-18H,10-15,19H2,1-9H3,(H,26,29)(H,27,30). The van der Waals surface area contributed by atoms with E-state index in [0.717, 1.165) is 29.4 Å². The molecule has 0 saturated heterocycles. The molecule has 0 fully saturated rings. The molecule has 3 amide bonds. The molecule has 2 N–H and O–H groups in total. The minimum absolute atomic E-state index is 0.0113. The number of nitrogens with one attached hydrogen (secondary N) is 2. The number of rotatable bonds is 13. The van der Waals surface area contributed by atoms with Gasteiger partial charge in [0.1, 0.15) is 0 Å². The molecule has 0 aliphatic rings. The number of carbonyl (C=O) groups excluding carboxylic acids is 3. The summed E-state index contributed by atoms with van der Waals surface area (Å²) in [5.74, 6) is 0.0972. The summed E-state index contributed by atoms with van der Waals surface area (Å²) in [7, 11) is -1.29. The van der Waals surface area contributed by atoms with E-state index in [0.29, 0.717) is 31.5 Å². The van der Waals surface area contributed by atoms with Crippen LogP contribution in [0.2, 0.25) is 70.5 Å². The Morgan fingerprint density at radius 1 is 0.853 bits per heavy atom. The van der Waals surface area contributed by atoms with E-state index in [1.807, 2.05) is 18.2 Å². The molecule has 0 aliphatic carbocycles. The molecule has 1 aromatic carbocycles. The van der Waals surface area contributed by atoms with Crippen molar-refractivity contribution in [1.29, 1.82) is 0 Å². The van der Waals surface area contributed by atoms with Crippen molar-refractivity contribution in [1.82, 2.24) is 5.32 Å². The zero-order valence-corrected chi connectivity index (χ0v) is 25.9. The Morgan fingerprint density at radius 3 is 2.00 bits per heavy atom. The molecule has 6 nitrogen and oxygen atoms in total. The highest BCUT2D eigenvalue weighted by Crippen LogP contribution is 2.24. The van der Waals surface area contributed by atoms with Gasteiger partial charge in [0.05, 0.1) is 0 Å². The van der Waals surface area contributed by atoms with Gasteiger partial charge in [-0.05, 0) is 35.9 Å². The smallest absolute Gasteiger partial charge is 0.226 e. The lowest BCUT2D eigenvalue weighted by atomic mass is 10.1. The Kier molecular flexibility index (Phi) is 11.9. The molecule has 0 heterocycles. The topological polar surface area (TPSA) is 78.5 Å². The van der Waals surface area contributed by atoms with E-state index in [1.165, 1.54) is 0 Å². The summed E-state index contributed by atoms with van der Waals surface area (Å²) in [6, 6.07) is 8.49. The van der Waals surface area contributed by atoms with Crippen LogP contribution >= 0.6 is 0 Å². The molecule has 0 atom stereocenters. The first kappa shape index (κ1) is 30.3. The van der Waals surface area contributed by atoms with Gasteiger partial charge < -0.3 is 15.5 Å². The van der Waals surface area contributed by atoms with Crippen molar-refractivity contribution >= 4 is 54.0 Å². The van der Waals surface area contributed by atoms with E-state index in [4.69, 9.17) is 0 Å². The molecule has 1 radical (unpaired) electrons. The van der Waals surface area contributed by atoms with Crippen molar-refractivity contribution < 1.29 is 14.4 Å². The molecule has 1 rings (SSSR count). The van der Waals surface area contributed by atoms with Gasteiger partial charge in [0.15, 0.2) is 0 Å². The summed E-state index contributed by atoms with van der Waals surface area (Å²) in [5.41, 5.74) is 2.27. The molecule has 0 unspecified atom stereocenters. The monoisotopic (exact) mass is 520 g/mol. The third-order valence-electron chi connectivity index (χ3n) is 5.56. The highest BCUT2D eigenvalue weighted by atomic mass is 28.3. The predicted octanol–water partition coefficient (Wildman–Crippen LogP) is 5.81. The van der Waals surface area contributed by atoms with E-state index < -0.39 is 24.9 Å². The van der Waals surface area contributed by atoms with Crippen LogP contribution in [0, 0.1) is 0 Å². The average Bonchev–Trinajstić information content (AvgIpc) is 2.71. The lowest BCUT2D eigenvalue weighted by Gasteiger charge is -2.22. The maximum atomic E-state index is 12.9. The van der Waals surface area contributed by atoms with Crippen LogP contribution in [0.25, 0.3) is 0 Å². The molecule has 191 valence electrons. The van der Waals surface area contributed by atoms with Crippen LogP contribution in [0.5, 0.6) is 0 Å². The summed E-state index contributed by atoms with van der Waals surface area (Å²) in [4.78, 5) is 39.4. The Hall–Kier alpha value is -1.72. The highest BCUT2D eigenvalue weighted by molar-refractivity contribution is 6.76. The van der Waals surface area contributed by atoms with E-state index in [9.17, 15) is 14.4 Å². The average molecular weight is 521 g/mol. The maximum absolute atomic E-state index is 12.9. The molecule has 34 heavy (non-hydrogen) atoms. The van der Waals surface area contributed by atoms with Crippen molar-refractivity contribution in [3.8, 4) is 0 Å². The lowest BCUT2D eigenvalue weighted by molar-refractivity contribution is -0.121. The third kappa shape index (κ3) is 13.2. The van der Waals surface area contributed by atoms with E-state index in [-0.39, 0.29) is 17.7 Å². The van der Waals surface area contributed by atoms with E-state index >= 15 is 0 Å². The Labute approximate surface area is 210 Å². The molecular weight excluding hydrogens is 475 g/mol. The fourth-order valence-electron chi connectivity index (χ4n) is 3.20. The van der Waals surface area contributed by atoms with E-state index in [2.05, 4.69) is 63.0 Å². The van der Waals surface area contributed by atoms with E-state index in [1.54, 1.807) is 11.9 Å². The number of nitrogens with zero attached hydrogens (tertiary/aromatic N) is 1. The van der Waals surface area contributed by atoms with Gasteiger partial charge in [-0.25, -0.2) is 0 Å². The lowest BCUT2D eigenvalue weighted by Crippen LogP contribution is -2.30. The summed E-state index contributed by atoms with van der Waals surface area (Å²) in [6.07, 6.45) is 1.55. The first-order valence-corrected chi connectivity index (χ1v) is 22.4. The third-order valence-corrected chi connectivity index (χ3v) is 10.3. The first-order chi connectivity index (χ1) is 15.6. The van der Waals surface area contributed by atoms with Gasteiger partial charge in [0, 0.05) is 69.2 Å². The summed E-state index contributed by atoms with van der Waals surface area (Å²) in [5, 5.41) is 6.01. The normalized spacial score (nSPS) is 11.9. The quantitative estimate of drug-likeness (QED) is 0.322. The number of hydrogen-bond acceptors (Lipinski definition) is 3. The maximum Gasteiger partial charge on any atom is 0.226 e. The van der Waals surface area contributed by atoms with Crippen LogP contribution in [-0.2, 0) is 20.9 Å². The van der Waals surface area contributed by atoms with Gasteiger partial charge in [0.2, 0.25) is 17.7 Å². The Morgan fingerprint density at radius 2 is 1.44 bits per heavy atom. The SMILES string of the molecule is CN(C(=O)CC[Si](C)(C)C)c1cc(CNC(=O)CC[Si](C)C)cc(NC(=O)CC[Si](C)(C)C)c1. The molecule has 0 spiro atoms. The molecule has 1 aromatic rings. The van der Waals surface area contributed by atoms with Crippen LogP contribution < -0.4 is 15.5 Å². The number of benzene rings is 1. The Bertz CT molecular complexity index is 846. The number of hydrogen-bond donors (Lipinski definition) is 2. The number of anilines is 2. The number of carbonyl (C=O) groups is 3. The number of amides is 3. The fraction of sp³-hybridized carbons (Fsp3) is 0.640. The van der Waals surface area contributed by atoms with Crippen LogP contribution in [0.1, 0.15) is 24.8 Å². The predicted molar refractivity (Wildman–Crippen MR) is 153 cm³/mol. The minimum atomic E-state index is -1.32. The van der Waals surface area contributed by atoms with Crippen LogP contribution in [0.3, 0.4) is 0 Å². The minimum Gasteiger partial charge on any atom is -0.352 e. The molecule has 0 saturated carbocycles.